The molecule has 1 aromatic heterocycles. The largest absolute Gasteiger partial charge is 0.385 e. The van der Waals surface area contributed by atoms with Crippen LogP contribution in [-0.2, 0) is 14.3 Å². The molecule has 1 atom stereocenters. The van der Waals surface area contributed by atoms with Gasteiger partial charge < -0.3 is 19.5 Å². The minimum Gasteiger partial charge on any atom is -0.385 e. The minimum atomic E-state index is -0.294. The Balaban J connectivity index is 2.58. The second-order valence-electron chi connectivity index (χ2n) is 4.85. The van der Waals surface area contributed by atoms with Gasteiger partial charge in [0.05, 0.1) is 6.54 Å². The predicted molar refractivity (Wildman–Crippen MR) is 77.7 cm³/mol. The van der Waals surface area contributed by atoms with Gasteiger partial charge in [-0.1, -0.05) is 19.0 Å². The Morgan fingerprint density at radius 1 is 1.52 bits per heavy atom. The smallest absolute Gasteiger partial charge is 0.245 e. The van der Waals surface area contributed by atoms with Gasteiger partial charge in [-0.25, -0.2) is 0 Å². The first-order chi connectivity index (χ1) is 10.1. The summed E-state index contributed by atoms with van der Waals surface area (Å²) in [5.41, 5.74) is 0. The monoisotopic (exact) mass is 297 g/mol. The van der Waals surface area contributed by atoms with Crippen molar-refractivity contribution in [3.63, 3.8) is 0 Å². The molecule has 0 bridgehead atoms. The van der Waals surface area contributed by atoms with E-state index in [0.29, 0.717) is 25.4 Å². The predicted octanol–water partition coefficient (Wildman–Crippen LogP) is 1.52. The van der Waals surface area contributed by atoms with Crippen LogP contribution in [0.5, 0.6) is 0 Å². The molecule has 0 aliphatic heterocycles. The van der Waals surface area contributed by atoms with Gasteiger partial charge in [0, 0.05) is 32.2 Å². The van der Waals surface area contributed by atoms with Gasteiger partial charge in [0.15, 0.2) is 5.82 Å². The Hall–Kier alpha value is -1.89. The number of rotatable bonds is 9. The molecule has 1 heterocycles. The molecule has 0 saturated heterocycles. The van der Waals surface area contributed by atoms with Crippen molar-refractivity contribution >= 4 is 17.6 Å². The van der Waals surface area contributed by atoms with Crippen LogP contribution in [0.2, 0.25) is 0 Å². The molecule has 0 aliphatic rings. The summed E-state index contributed by atoms with van der Waals surface area (Å²) in [7, 11) is 1.61. The van der Waals surface area contributed by atoms with E-state index in [-0.39, 0.29) is 24.3 Å². The summed E-state index contributed by atoms with van der Waals surface area (Å²) in [6, 6.07) is 1.55. The molecule has 0 fully saturated rings. The quantitative estimate of drug-likeness (QED) is 0.699. The standard InChI is InChI=1S/C14H23N3O4/c1-4-11(2)14(19)17(7-5-8-20-3)10-13(18)15-12-6-9-21-16-12/h6,9,11H,4-5,7-8,10H2,1-3H3,(H,15,16,18). The third-order valence-electron chi connectivity index (χ3n) is 3.16. The number of nitrogens with zero attached hydrogens (tertiary/aromatic N) is 2. The van der Waals surface area contributed by atoms with E-state index < -0.39 is 0 Å². The first kappa shape index (κ1) is 17.2. The zero-order valence-electron chi connectivity index (χ0n) is 12.8. The molecule has 118 valence electrons. The Kier molecular flexibility index (Phi) is 7.45. The molecular weight excluding hydrogens is 274 g/mol. The van der Waals surface area contributed by atoms with Gasteiger partial charge in [0.25, 0.3) is 0 Å². The molecular formula is C14H23N3O4. The summed E-state index contributed by atoms with van der Waals surface area (Å²) in [6.45, 7) is 4.85. The molecule has 7 nitrogen and oxygen atoms in total. The molecule has 0 spiro atoms. The molecule has 21 heavy (non-hydrogen) atoms. The van der Waals surface area contributed by atoms with Crippen molar-refractivity contribution in [1.29, 1.82) is 0 Å². The van der Waals surface area contributed by atoms with E-state index >= 15 is 0 Å². The fourth-order valence-electron chi connectivity index (χ4n) is 1.79. The summed E-state index contributed by atoms with van der Waals surface area (Å²) >= 11 is 0. The topological polar surface area (TPSA) is 84.7 Å². The Labute approximate surface area is 124 Å². The van der Waals surface area contributed by atoms with Crippen LogP contribution in [0.15, 0.2) is 16.9 Å². The highest BCUT2D eigenvalue weighted by Crippen LogP contribution is 2.08. The van der Waals surface area contributed by atoms with Crippen LogP contribution in [-0.4, -0.2) is 48.7 Å². The van der Waals surface area contributed by atoms with Crippen molar-refractivity contribution in [2.75, 3.05) is 32.1 Å². The van der Waals surface area contributed by atoms with Gasteiger partial charge in [0.2, 0.25) is 11.8 Å². The van der Waals surface area contributed by atoms with Gasteiger partial charge in [-0.2, -0.15) is 0 Å². The van der Waals surface area contributed by atoms with Crippen molar-refractivity contribution in [2.45, 2.75) is 26.7 Å². The first-order valence-corrected chi connectivity index (χ1v) is 7.06. The summed E-state index contributed by atoms with van der Waals surface area (Å²) in [4.78, 5) is 25.8. The average Bonchev–Trinajstić information content (AvgIpc) is 2.97. The van der Waals surface area contributed by atoms with Gasteiger partial charge in [-0.15, -0.1) is 0 Å². The van der Waals surface area contributed by atoms with E-state index in [1.54, 1.807) is 18.1 Å². The normalized spacial score (nSPS) is 12.0. The molecule has 7 heteroatoms. The highest BCUT2D eigenvalue weighted by atomic mass is 16.5. The number of anilines is 1. The van der Waals surface area contributed by atoms with E-state index in [9.17, 15) is 9.59 Å². The molecule has 1 N–H and O–H groups in total. The number of amides is 2. The highest BCUT2D eigenvalue weighted by molar-refractivity contribution is 5.94. The summed E-state index contributed by atoms with van der Waals surface area (Å²) < 4.78 is 9.63. The van der Waals surface area contributed by atoms with E-state index in [1.165, 1.54) is 6.26 Å². The molecule has 2 amide bonds. The van der Waals surface area contributed by atoms with Crippen molar-refractivity contribution < 1.29 is 18.8 Å². The van der Waals surface area contributed by atoms with Crippen LogP contribution in [0, 0.1) is 5.92 Å². The number of nitrogens with one attached hydrogen (secondary N) is 1. The SMILES string of the molecule is CCC(C)C(=O)N(CCCOC)CC(=O)Nc1ccon1. The van der Waals surface area contributed by atoms with Gasteiger partial charge in [-0.3, -0.25) is 9.59 Å². The lowest BCUT2D eigenvalue weighted by atomic mass is 10.1. The number of carbonyl (C=O) groups excluding carboxylic acids is 2. The first-order valence-electron chi connectivity index (χ1n) is 7.06. The van der Waals surface area contributed by atoms with Crippen LogP contribution < -0.4 is 5.32 Å². The lowest BCUT2D eigenvalue weighted by molar-refractivity contribution is -0.138. The molecule has 0 radical (unpaired) electrons. The van der Waals surface area contributed by atoms with Crippen LogP contribution >= 0.6 is 0 Å². The second kappa shape index (κ2) is 9.12. The molecule has 0 aliphatic carbocycles. The number of methoxy groups -OCH3 is 1. The number of ether oxygens (including phenoxy) is 1. The van der Waals surface area contributed by atoms with E-state index in [2.05, 4.69) is 15.0 Å². The average molecular weight is 297 g/mol. The van der Waals surface area contributed by atoms with E-state index in [0.717, 1.165) is 6.42 Å². The van der Waals surface area contributed by atoms with Crippen LogP contribution in [0.4, 0.5) is 5.82 Å². The van der Waals surface area contributed by atoms with Gasteiger partial charge >= 0.3 is 0 Å². The molecule has 0 aromatic carbocycles. The van der Waals surface area contributed by atoms with E-state index in [4.69, 9.17) is 4.74 Å². The lowest BCUT2D eigenvalue weighted by Crippen LogP contribution is -2.41. The zero-order chi connectivity index (χ0) is 15.7. The molecule has 1 aromatic rings. The third-order valence-corrected chi connectivity index (χ3v) is 3.16. The van der Waals surface area contributed by atoms with Crippen LogP contribution in [0.1, 0.15) is 26.7 Å². The zero-order valence-corrected chi connectivity index (χ0v) is 12.8. The number of aromatic nitrogens is 1. The highest BCUT2D eigenvalue weighted by Gasteiger charge is 2.21. The van der Waals surface area contributed by atoms with Gasteiger partial charge in [-0.05, 0) is 12.8 Å². The van der Waals surface area contributed by atoms with E-state index in [1.807, 2.05) is 13.8 Å². The van der Waals surface area contributed by atoms with Crippen molar-refractivity contribution in [3.8, 4) is 0 Å². The molecule has 0 saturated carbocycles. The van der Waals surface area contributed by atoms with Crippen molar-refractivity contribution in [3.05, 3.63) is 12.3 Å². The molecule has 1 unspecified atom stereocenters. The number of hydrogen-bond donors (Lipinski definition) is 1. The number of hydrogen-bond acceptors (Lipinski definition) is 5. The maximum absolute atomic E-state index is 12.3. The van der Waals surface area contributed by atoms with Crippen LogP contribution in [0.3, 0.4) is 0 Å². The van der Waals surface area contributed by atoms with Crippen molar-refractivity contribution in [1.82, 2.24) is 10.1 Å². The second-order valence-corrected chi connectivity index (χ2v) is 4.85. The number of carbonyl (C=O) groups is 2. The minimum absolute atomic E-state index is 0.000250. The molecule has 1 rings (SSSR count). The summed E-state index contributed by atoms with van der Waals surface area (Å²) in [6.07, 6.45) is 2.80. The third kappa shape index (κ3) is 5.95. The Bertz CT molecular complexity index is 433. The van der Waals surface area contributed by atoms with Crippen LogP contribution in [0.25, 0.3) is 0 Å². The fourth-order valence-corrected chi connectivity index (χ4v) is 1.79. The maximum Gasteiger partial charge on any atom is 0.245 e. The van der Waals surface area contributed by atoms with Gasteiger partial charge in [0.1, 0.15) is 6.26 Å². The fraction of sp³-hybridized carbons (Fsp3) is 0.643. The Morgan fingerprint density at radius 3 is 2.86 bits per heavy atom. The lowest BCUT2D eigenvalue weighted by Gasteiger charge is -2.24. The Morgan fingerprint density at radius 2 is 2.29 bits per heavy atom. The maximum atomic E-state index is 12.3. The summed E-state index contributed by atoms with van der Waals surface area (Å²) in [5, 5.41) is 6.19. The van der Waals surface area contributed by atoms with Crippen molar-refractivity contribution in [2.24, 2.45) is 5.92 Å². The summed E-state index contributed by atoms with van der Waals surface area (Å²) in [5.74, 6) is -0.0814.